The van der Waals surface area contributed by atoms with Crippen LogP contribution in [-0.2, 0) is 16.0 Å². The third-order valence-corrected chi connectivity index (χ3v) is 2.67. The van der Waals surface area contributed by atoms with Crippen molar-refractivity contribution in [3.8, 4) is 0 Å². The molecule has 0 bridgehead atoms. The number of rotatable bonds is 3. The number of nitrogens with one attached hydrogen (secondary N) is 1. The first-order valence-electron chi connectivity index (χ1n) is 5.32. The Morgan fingerprint density at radius 3 is 2.35 bits per heavy atom. The molecule has 0 aliphatic carbocycles. The van der Waals surface area contributed by atoms with E-state index in [2.05, 4.69) is 0 Å². The zero-order valence-corrected chi connectivity index (χ0v) is 9.34. The van der Waals surface area contributed by atoms with Gasteiger partial charge in [-0.05, 0) is 18.9 Å². The molecule has 1 N–H and O–H groups in total. The summed E-state index contributed by atoms with van der Waals surface area (Å²) in [5, 5.41) is 1.98. The van der Waals surface area contributed by atoms with Gasteiger partial charge in [0.15, 0.2) is 0 Å². The quantitative estimate of drug-likeness (QED) is 0.616. The van der Waals surface area contributed by atoms with Crippen molar-refractivity contribution in [2.24, 2.45) is 0 Å². The van der Waals surface area contributed by atoms with Crippen LogP contribution in [0.2, 0.25) is 0 Å². The molecule has 0 radical (unpaired) electrons. The van der Waals surface area contributed by atoms with Crippen LogP contribution in [0.1, 0.15) is 12.5 Å². The van der Waals surface area contributed by atoms with E-state index in [0.29, 0.717) is 6.42 Å². The Morgan fingerprint density at radius 1 is 1.18 bits per heavy atom. The van der Waals surface area contributed by atoms with Crippen LogP contribution in [0, 0.1) is 0 Å². The number of urea groups is 1. The first kappa shape index (κ1) is 11.3. The fourth-order valence-electron chi connectivity index (χ4n) is 1.86. The summed E-state index contributed by atoms with van der Waals surface area (Å²) < 4.78 is 0. The Morgan fingerprint density at radius 2 is 1.82 bits per heavy atom. The molecule has 1 saturated heterocycles. The lowest BCUT2D eigenvalue weighted by atomic mass is 10.1. The first-order valence-corrected chi connectivity index (χ1v) is 5.32. The third-order valence-electron chi connectivity index (χ3n) is 2.67. The van der Waals surface area contributed by atoms with Gasteiger partial charge in [-0.1, -0.05) is 30.3 Å². The lowest BCUT2D eigenvalue weighted by molar-refractivity contribution is -0.140. The monoisotopic (exact) mass is 232 g/mol. The Hall–Kier alpha value is -2.17. The van der Waals surface area contributed by atoms with Crippen molar-refractivity contribution in [3.63, 3.8) is 0 Å². The molecule has 0 saturated carbocycles. The summed E-state index contributed by atoms with van der Waals surface area (Å²) in [6.45, 7) is 1.74. The predicted molar refractivity (Wildman–Crippen MR) is 60.0 cm³/mol. The molecular weight excluding hydrogens is 220 g/mol. The summed E-state index contributed by atoms with van der Waals surface area (Å²) in [5.41, 5.74) is 1.01. The van der Waals surface area contributed by atoms with E-state index < -0.39 is 17.8 Å². The first-order chi connectivity index (χ1) is 8.09. The van der Waals surface area contributed by atoms with E-state index in [0.717, 1.165) is 10.5 Å². The van der Waals surface area contributed by atoms with Crippen molar-refractivity contribution in [1.82, 2.24) is 10.2 Å². The number of imide groups is 2. The summed E-state index contributed by atoms with van der Waals surface area (Å²) >= 11 is 0. The van der Waals surface area contributed by atoms with Gasteiger partial charge in [0.1, 0.15) is 0 Å². The fourth-order valence-corrected chi connectivity index (χ4v) is 1.86. The van der Waals surface area contributed by atoms with Crippen molar-refractivity contribution in [3.05, 3.63) is 35.9 Å². The molecule has 4 amide bonds. The molecule has 1 fully saturated rings. The Balaban J connectivity index is 2.11. The number of carbonyl (C=O) groups is 3. The van der Waals surface area contributed by atoms with Gasteiger partial charge in [0, 0.05) is 6.04 Å². The number of hydrogen-bond acceptors (Lipinski definition) is 3. The molecule has 5 heteroatoms. The van der Waals surface area contributed by atoms with Crippen LogP contribution < -0.4 is 5.32 Å². The van der Waals surface area contributed by atoms with E-state index in [1.807, 2.05) is 35.6 Å². The summed E-state index contributed by atoms with van der Waals surface area (Å²) in [5.74, 6) is -1.63. The normalized spacial score (nSPS) is 17.2. The molecule has 1 aromatic carbocycles. The van der Waals surface area contributed by atoms with Gasteiger partial charge in [0.05, 0.1) is 0 Å². The zero-order chi connectivity index (χ0) is 12.4. The molecule has 5 nitrogen and oxygen atoms in total. The van der Waals surface area contributed by atoms with Gasteiger partial charge in [-0.3, -0.25) is 19.8 Å². The molecule has 2 rings (SSSR count). The van der Waals surface area contributed by atoms with Gasteiger partial charge >= 0.3 is 17.8 Å². The molecule has 0 aromatic heterocycles. The Bertz CT molecular complexity index is 470. The Kier molecular flexibility index (Phi) is 2.91. The van der Waals surface area contributed by atoms with Crippen LogP contribution in [0.5, 0.6) is 0 Å². The van der Waals surface area contributed by atoms with Crippen LogP contribution in [0.15, 0.2) is 30.3 Å². The standard InChI is InChI=1S/C12H12N2O3/c1-8(7-9-5-3-2-4-6-9)14-11(16)10(15)13-12(14)17/h2-6,8H,7H2,1H3,(H,13,15,17). The maximum Gasteiger partial charge on any atom is 0.331 e. The van der Waals surface area contributed by atoms with E-state index in [1.165, 1.54) is 0 Å². The smallest absolute Gasteiger partial charge is 0.269 e. The second kappa shape index (κ2) is 4.37. The third kappa shape index (κ3) is 2.18. The largest absolute Gasteiger partial charge is 0.331 e. The van der Waals surface area contributed by atoms with Crippen molar-refractivity contribution in [1.29, 1.82) is 0 Å². The number of nitrogens with zero attached hydrogens (tertiary/aromatic N) is 1. The molecular formula is C12H12N2O3. The van der Waals surface area contributed by atoms with E-state index in [1.54, 1.807) is 6.92 Å². The average molecular weight is 232 g/mol. The molecule has 1 atom stereocenters. The molecule has 1 unspecified atom stereocenters. The zero-order valence-electron chi connectivity index (χ0n) is 9.34. The highest BCUT2D eigenvalue weighted by Gasteiger charge is 2.39. The van der Waals surface area contributed by atoms with Crippen LogP contribution >= 0.6 is 0 Å². The van der Waals surface area contributed by atoms with Gasteiger partial charge in [-0.25, -0.2) is 4.79 Å². The Labute approximate surface area is 98.4 Å². The summed E-state index contributed by atoms with van der Waals surface area (Å²) in [6.07, 6.45) is 0.535. The molecule has 17 heavy (non-hydrogen) atoms. The van der Waals surface area contributed by atoms with E-state index in [4.69, 9.17) is 0 Å². The van der Waals surface area contributed by atoms with E-state index >= 15 is 0 Å². The molecule has 1 aromatic rings. The number of benzene rings is 1. The van der Waals surface area contributed by atoms with Gasteiger partial charge in [0.2, 0.25) is 0 Å². The highest BCUT2D eigenvalue weighted by molar-refractivity contribution is 6.44. The van der Waals surface area contributed by atoms with Crippen molar-refractivity contribution < 1.29 is 14.4 Å². The fraction of sp³-hybridized carbons (Fsp3) is 0.250. The van der Waals surface area contributed by atoms with Crippen LogP contribution in [0.3, 0.4) is 0 Å². The van der Waals surface area contributed by atoms with Gasteiger partial charge < -0.3 is 0 Å². The molecule has 0 spiro atoms. The number of hydrogen-bond donors (Lipinski definition) is 1. The number of amides is 4. The molecule has 88 valence electrons. The highest BCUT2D eigenvalue weighted by atomic mass is 16.2. The van der Waals surface area contributed by atoms with Gasteiger partial charge in [-0.15, -0.1) is 0 Å². The van der Waals surface area contributed by atoms with Gasteiger partial charge in [-0.2, -0.15) is 0 Å². The average Bonchev–Trinajstić information content (AvgIpc) is 2.54. The van der Waals surface area contributed by atoms with E-state index in [-0.39, 0.29) is 6.04 Å². The topological polar surface area (TPSA) is 66.5 Å². The van der Waals surface area contributed by atoms with Crippen molar-refractivity contribution in [2.45, 2.75) is 19.4 Å². The van der Waals surface area contributed by atoms with Crippen molar-refractivity contribution >= 4 is 17.8 Å². The maximum absolute atomic E-state index is 11.4. The minimum absolute atomic E-state index is 0.337. The lowest BCUT2D eigenvalue weighted by Gasteiger charge is -2.20. The summed E-state index contributed by atoms with van der Waals surface area (Å²) in [6, 6.07) is 8.52. The number of carbonyl (C=O) groups excluding carboxylic acids is 3. The highest BCUT2D eigenvalue weighted by Crippen LogP contribution is 2.12. The van der Waals surface area contributed by atoms with Crippen molar-refractivity contribution in [2.75, 3.05) is 0 Å². The van der Waals surface area contributed by atoms with Gasteiger partial charge in [0.25, 0.3) is 0 Å². The lowest BCUT2D eigenvalue weighted by Crippen LogP contribution is -2.40. The van der Waals surface area contributed by atoms with Crippen LogP contribution in [0.4, 0.5) is 4.79 Å². The molecule has 1 aliphatic heterocycles. The second-order valence-corrected chi connectivity index (χ2v) is 3.97. The second-order valence-electron chi connectivity index (χ2n) is 3.97. The summed E-state index contributed by atoms with van der Waals surface area (Å²) in [4.78, 5) is 34.8. The van der Waals surface area contributed by atoms with Crippen LogP contribution in [-0.4, -0.2) is 28.8 Å². The minimum Gasteiger partial charge on any atom is -0.269 e. The SMILES string of the molecule is CC(Cc1ccccc1)N1C(=O)NC(=O)C1=O. The predicted octanol–water partition coefficient (Wildman–Crippen LogP) is 0.696. The van der Waals surface area contributed by atoms with E-state index in [9.17, 15) is 14.4 Å². The molecule has 1 heterocycles. The molecule has 1 aliphatic rings. The van der Waals surface area contributed by atoms with Crippen LogP contribution in [0.25, 0.3) is 0 Å². The summed E-state index contributed by atoms with van der Waals surface area (Å²) in [7, 11) is 0. The minimum atomic E-state index is -0.852. The maximum atomic E-state index is 11.4.